The molecule has 120 valence electrons. The Balaban J connectivity index is 1.42. The first-order valence-corrected chi connectivity index (χ1v) is 8.52. The minimum Gasteiger partial charge on any atom is -0.352 e. The number of benzene rings is 1. The van der Waals surface area contributed by atoms with E-state index in [2.05, 4.69) is 34.5 Å². The molecule has 4 heteroatoms. The molecule has 4 nitrogen and oxygen atoms in total. The summed E-state index contributed by atoms with van der Waals surface area (Å²) in [7, 11) is 0. The van der Waals surface area contributed by atoms with E-state index in [1.54, 1.807) is 0 Å². The summed E-state index contributed by atoms with van der Waals surface area (Å²) < 4.78 is 0. The van der Waals surface area contributed by atoms with E-state index in [1.807, 2.05) is 6.07 Å². The average Bonchev–Trinajstić information content (AvgIpc) is 3.10. The van der Waals surface area contributed by atoms with Crippen LogP contribution in [0.15, 0.2) is 30.3 Å². The summed E-state index contributed by atoms with van der Waals surface area (Å²) >= 11 is 0. The van der Waals surface area contributed by atoms with Gasteiger partial charge in [-0.1, -0.05) is 36.8 Å². The number of amides is 1. The van der Waals surface area contributed by atoms with Crippen LogP contribution in [0.5, 0.6) is 0 Å². The Morgan fingerprint density at radius 1 is 1.23 bits per heavy atom. The highest BCUT2D eigenvalue weighted by atomic mass is 16.1. The van der Waals surface area contributed by atoms with E-state index < -0.39 is 0 Å². The summed E-state index contributed by atoms with van der Waals surface area (Å²) in [6, 6.07) is 11.0. The Morgan fingerprint density at radius 3 is 2.77 bits per heavy atom. The lowest BCUT2D eigenvalue weighted by Gasteiger charge is -2.19. The fraction of sp³-hybridized carbons (Fsp3) is 0.611. The number of rotatable bonds is 5. The summed E-state index contributed by atoms with van der Waals surface area (Å²) in [4.78, 5) is 14.6. The maximum absolute atomic E-state index is 12.2. The number of carbonyl (C=O) groups is 1. The quantitative estimate of drug-likeness (QED) is 0.873. The van der Waals surface area contributed by atoms with E-state index in [9.17, 15) is 4.79 Å². The zero-order valence-corrected chi connectivity index (χ0v) is 13.2. The summed E-state index contributed by atoms with van der Waals surface area (Å²) in [5, 5.41) is 3.21. The first-order valence-electron chi connectivity index (χ1n) is 8.52. The molecule has 3 atom stereocenters. The van der Waals surface area contributed by atoms with E-state index in [1.165, 1.54) is 12.0 Å². The Bertz CT molecular complexity index is 490. The Morgan fingerprint density at radius 2 is 2.05 bits per heavy atom. The van der Waals surface area contributed by atoms with Gasteiger partial charge in [-0.25, -0.2) is 0 Å². The summed E-state index contributed by atoms with van der Waals surface area (Å²) in [5.74, 6) is 0.579. The van der Waals surface area contributed by atoms with Crippen LogP contribution in [0.25, 0.3) is 0 Å². The summed E-state index contributed by atoms with van der Waals surface area (Å²) in [6.07, 6.45) is 5.02. The molecule has 1 aromatic rings. The van der Waals surface area contributed by atoms with Crippen LogP contribution in [-0.2, 0) is 11.3 Å². The number of hydrogen-bond acceptors (Lipinski definition) is 3. The maximum Gasteiger partial charge on any atom is 0.220 e. The van der Waals surface area contributed by atoms with Gasteiger partial charge in [0.05, 0.1) is 0 Å². The second kappa shape index (κ2) is 7.25. The third kappa shape index (κ3) is 4.08. The SMILES string of the molecule is N[C@@H]1CCC[C@H]1CC(=O)NC1CCN(Cc2ccccc2)C1. The number of likely N-dealkylation sites (tertiary alicyclic amines) is 1. The predicted octanol–water partition coefficient (Wildman–Crippen LogP) is 1.89. The molecule has 0 radical (unpaired) electrons. The monoisotopic (exact) mass is 301 g/mol. The summed E-state index contributed by atoms with van der Waals surface area (Å²) in [6.45, 7) is 2.99. The fourth-order valence-corrected chi connectivity index (χ4v) is 3.78. The van der Waals surface area contributed by atoms with Crippen molar-refractivity contribution in [3.8, 4) is 0 Å². The van der Waals surface area contributed by atoms with Gasteiger partial charge >= 0.3 is 0 Å². The van der Waals surface area contributed by atoms with Gasteiger partial charge in [-0.05, 0) is 30.7 Å². The van der Waals surface area contributed by atoms with Crippen molar-refractivity contribution < 1.29 is 4.79 Å². The fourth-order valence-electron chi connectivity index (χ4n) is 3.78. The molecule has 1 unspecified atom stereocenters. The van der Waals surface area contributed by atoms with Crippen LogP contribution in [0.2, 0.25) is 0 Å². The Hall–Kier alpha value is -1.39. The Kier molecular flexibility index (Phi) is 5.11. The predicted molar refractivity (Wildman–Crippen MR) is 88.2 cm³/mol. The highest BCUT2D eigenvalue weighted by Crippen LogP contribution is 2.26. The van der Waals surface area contributed by atoms with E-state index >= 15 is 0 Å². The Labute approximate surface area is 133 Å². The number of nitrogens with zero attached hydrogens (tertiary/aromatic N) is 1. The van der Waals surface area contributed by atoms with E-state index in [4.69, 9.17) is 5.73 Å². The molecule has 3 N–H and O–H groups in total. The van der Waals surface area contributed by atoms with Crippen molar-refractivity contribution in [1.29, 1.82) is 0 Å². The van der Waals surface area contributed by atoms with Crippen molar-refractivity contribution in [2.24, 2.45) is 11.7 Å². The topological polar surface area (TPSA) is 58.4 Å². The van der Waals surface area contributed by atoms with Crippen molar-refractivity contribution >= 4 is 5.91 Å². The van der Waals surface area contributed by atoms with Gasteiger partial charge in [-0.2, -0.15) is 0 Å². The molecule has 0 bridgehead atoms. The normalized spacial score (nSPS) is 28.9. The molecule has 3 rings (SSSR count). The van der Waals surface area contributed by atoms with Gasteiger partial charge in [0.25, 0.3) is 0 Å². The molecule has 1 heterocycles. The van der Waals surface area contributed by atoms with Crippen LogP contribution in [0.4, 0.5) is 0 Å². The maximum atomic E-state index is 12.2. The molecule has 1 saturated heterocycles. The lowest BCUT2D eigenvalue weighted by atomic mass is 9.99. The van der Waals surface area contributed by atoms with Crippen molar-refractivity contribution in [1.82, 2.24) is 10.2 Å². The van der Waals surface area contributed by atoms with Crippen LogP contribution in [-0.4, -0.2) is 36.0 Å². The minimum atomic E-state index is 0.189. The van der Waals surface area contributed by atoms with Gasteiger partial charge in [-0.3, -0.25) is 9.69 Å². The zero-order valence-electron chi connectivity index (χ0n) is 13.2. The second-order valence-electron chi connectivity index (χ2n) is 6.83. The average molecular weight is 301 g/mol. The minimum absolute atomic E-state index is 0.189. The highest BCUT2D eigenvalue weighted by Gasteiger charge is 2.28. The van der Waals surface area contributed by atoms with E-state index in [0.29, 0.717) is 18.4 Å². The lowest BCUT2D eigenvalue weighted by Crippen LogP contribution is -2.39. The van der Waals surface area contributed by atoms with Gasteiger partial charge in [-0.15, -0.1) is 0 Å². The molecular formula is C18H27N3O. The third-order valence-corrected chi connectivity index (χ3v) is 5.05. The summed E-state index contributed by atoms with van der Waals surface area (Å²) in [5.41, 5.74) is 7.39. The number of nitrogens with one attached hydrogen (secondary N) is 1. The van der Waals surface area contributed by atoms with E-state index in [-0.39, 0.29) is 11.9 Å². The molecule has 0 spiro atoms. The first kappa shape index (κ1) is 15.5. The smallest absolute Gasteiger partial charge is 0.220 e. The number of nitrogens with two attached hydrogens (primary N) is 1. The number of carbonyl (C=O) groups excluding carboxylic acids is 1. The molecule has 2 fully saturated rings. The largest absolute Gasteiger partial charge is 0.352 e. The molecule has 1 amide bonds. The standard InChI is InChI=1S/C18H27N3O/c19-17-8-4-7-15(17)11-18(22)20-16-9-10-21(13-16)12-14-5-2-1-3-6-14/h1-3,5-6,15-17H,4,7-13,19H2,(H,20,22)/t15-,16?,17+/m0/s1. The van der Waals surface area contributed by atoms with Gasteiger partial charge in [0, 0.05) is 38.1 Å². The molecule has 2 aliphatic rings. The van der Waals surface area contributed by atoms with Gasteiger partial charge < -0.3 is 11.1 Å². The first-order chi connectivity index (χ1) is 10.7. The van der Waals surface area contributed by atoms with Crippen molar-refractivity contribution in [2.75, 3.05) is 13.1 Å². The molecule has 22 heavy (non-hydrogen) atoms. The van der Waals surface area contributed by atoms with Gasteiger partial charge in [0.15, 0.2) is 0 Å². The van der Waals surface area contributed by atoms with Gasteiger partial charge in [0.1, 0.15) is 0 Å². The second-order valence-corrected chi connectivity index (χ2v) is 6.83. The molecule has 1 saturated carbocycles. The molecule has 1 aliphatic carbocycles. The number of hydrogen-bond donors (Lipinski definition) is 2. The van der Waals surface area contributed by atoms with E-state index in [0.717, 1.165) is 38.9 Å². The van der Waals surface area contributed by atoms with Crippen LogP contribution >= 0.6 is 0 Å². The highest BCUT2D eigenvalue weighted by molar-refractivity contribution is 5.76. The van der Waals surface area contributed by atoms with Gasteiger partial charge in [0.2, 0.25) is 5.91 Å². The van der Waals surface area contributed by atoms with Crippen LogP contribution < -0.4 is 11.1 Å². The van der Waals surface area contributed by atoms with Crippen molar-refractivity contribution in [3.05, 3.63) is 35.9 Å². The van der Waals surface area contributed by atoms with Crippen LogP contribution in [0.1, 0.15) is 37.7 Å². The molecular weight excluding hydrogens is 274 g/mol. The lowest BCUT2D eigenvalue weighted by molar-refractivity contribution is -0.122. The zero-order chi connectivity index (χ0) is 15.4. The van der Waals surface area contributed by atoms with Crippen LogP contribution in [0, 0.1) is 5.92 Å². The molecule has 1 aliphatic heterocycles. The molecule has 0 aromatic heterocycles. The van der Waals surface area contributed by atoms with Crippen molar-refractivity contribution in [2.45, 2.75) is 50.7 Å². The van der Waals surface area contributed by atoms with Crippen molar-refractivity contribution in [3.63, 3.8) is 0 Å². The molecule has 1 aromatic carbocycles. The van der Waals surface area contributed by atoms with Crippen LogP contribution in [0.3, 0.4) is 0 Å². The third-order valence-electron chi connectivity index (χ3n) is 5.05.